The Morgan fingerprint density at radius 1 is 0.938 bits per heavy atom. The fourth-order valence-corrected chi connectivity index (χ4v) is 4.77. The van der Waals surface area contributed by atoms with Crippen molar-refractivity contribution >= 4 is 45.9 Å². The molecule has 2 heterocycles. The summed E-state index contributed by atoms with van der Waals surface area (Å²) in [5, 5.41) is 0.817. The zero-order valence-electron chi connectivity index (χ0n) is 17.8. The summed E-state index contributed by atoms with van der Waals surface area (Å²) < 4.78 is 6.00. The smallest absolute Gasteiger partial charge is 0.295 e. The van der Waals surface area contributed by atoms with Gasteiger partial charge in [-0.2, -0.15) is 0 Å². The zero-order valence-corrected chi connectivity index (χ0v) is 19.4. The van der Waals surface area contributed by atoms with E-state index < -0.39 is 6.04 Å². The molecule has 0 saturated carbocycles. The molecule has 4 nitrogen and oxygen atoms in total. The molecule has 0 spiro atoms. The molecule has 1 aromatic heterocycles. The maximum Gasteiger partial charge on any atom is 0.295 e. The number of carbonyl (C=O) groups is 1. The van der Waals surface area contributed by atoms with Crippen molar-refractivity contribution in [1.82, 2.24) is 0 Å². The van der Waals surface area contributed by atoms with Gasteiger partial charge in [-0.05, 0) is 79.3 Å². The van der Waals surface area contributed by atoms with E-state index in [-0.39, 0.29) is 17.1 Å². The first-order chi connectivity index (χ1) is 15.4. The van der Waals surface area contributed by atoms with Gasteiger partial charge in [0.05, 0.1) is 17.0 Å². The van der Waals surface area contributed by atoms with E-state index in [0.29, 0.717) is 21.6 Å². The van der Waals surface area contributed by atoms with Gasteiger partial charge in [0, 0.05) is 15.6 Å². The second-order valence-corrected chi connectivity index (χ2v) is 9.25. The molecule has 0 radical (unpaired) electrons. The maximum absolute atomic E-state index is 13.6. The quantitative estimate of drug-likeness (QED) is 0.325. The summed E-state index contributed by atoms with van der Waals surface area (Å²) in [5.41, 5.74) is 4.24. The van der Waals surface area contributed by atoms with Crippen LogP contribution in [0.2, 0.25) is 5.02 Å². The first kappa shape index (κ1) is 20.9. The molecule has 0 fully saturated rings. The number of anilines is 1. The van der Waals surface area contributed by atoms with Crippen LogP contribution in [-0.4, -0.2) is 12.2 Å². The highest BCUT2D eigenvalue weighted by molar-refractivity contribution is 7.98. The topological polar surface area (TPSA) is 50.5 Å². The van der Waals surface area contributed by atoms with Crippen LogP contribution in [0, 0.1) is 13.8 Å². The minimum atomic E-state index is -0.588. The van der Waals surface area contributed by atoms with Crippen molar-refractivity contribution in [2.45, 2.75) is 24.8 Å². The summed E-state index contributed by atoms with van der Waals surface area (Å²) >= 11 is 7.79. The Labute approximate surface area is 194 Å². The number of aryl methyl sites for hydroxylation is 2. The van der Waals surface area contributed by atoms with Crippen molar-refractivity contribution in [2.75, 3.05) is 11.2 Å². The Balaban J connectivity index is 1.80. The predicted octanol–water partition coefficient (Wildman–Crippen LogP) is 6.53. The number of amides is 1. The zero-order chi connectivity index (χ0) is 22.6. The molecule has 0 saturated heterocycles. The van der Waals surface area contributed by atoms with Gasteiger partial charge in [-0.1, -0.05) is 29.8 Å². The second kappa shape index (κ2) is 7.84. The fourth-order valence-electron chi connectivity index (χ4n) is 4.19. The summed E-state index contributed by atoms with van der Waals surface area (Å²) in [7, 11) is 0. The van der Waals surface area contributed by atoms with E-state index >= 15 is 0 Å². The number of hydrogen-bond donors (Lipinski definition) is 0. The third-order valence-corrected chi connectivity index (χ3v) is 7.01. The molecular weight excluding hydrogens is 442 g/mol. The lowest BCUT2D eigenvalue weighted by Gasteiger charge is -2.26. The van der Waals surface area contributed by atoms with Gasteiger partial charge in [-0.25, -0.2) is 0 Å². The molecule has 160 valence electrons. The monoisotopic (exact) mass is 461 g/mol. The lowest BCUT2D eigenvalue weighted by molar-refractivity contribution is 0.0971. The molecule has 3 aromatic carbocycles. The highest BCUT2D eigenvalue weighted by Crippen LogP contribution is 2.42. The van der Waals surface area contributed by atoms with E-state index in [1.807, 2.05) is 62.6 Å². The molecule has 1 aliphatic heterocycles. The van der Waals surface area contributed by atoms with Crippen molar-refractivity contribution in [3.63, 3.8) is 0 Å². The highest BCUT2D eigenvalue weighted by Gasteiger charge is 2.43. The van der Waals surface area contributed by atoms with Crippen LogP contribution in [0.25, 0.3) is 11.0 Å². The number of carbonyl (C=O) groups excluding carboxylic acids is 1. The van der Waals surface area contributed by atoms with E-state index in [2.05, 4.69) is 0 Å². The standard InChI is InChI=1S/C26H20ClNO3S/c1-14-4-8-18(12-15(14)2)28-23(16-5-9-19(32-3)10-6-16)22-24(29)20-13-17(27)7-11-21(20)31-25(22)26(28)30/h4-13,23H,1-3H3. The van der Waals surface area contributed by atoms with Crippen LogP contribution < -0.4 is 10.3 Å². The largest absolute Gasteiger partial charge is 0.450 e. The molecule has 1 amide bonds. The molecule has 1 atom stereocenters. The number of nitrogens with zero attached hydrogens (tertiary/aromatic N) is 1. The van der Waals surface area contributed by atoms with Gasteiger partial charge in [0.25, 0.3) is 5.91 Å². The number of fused-ring (bicyclic) bond motifs is 2. The van der Waals surface area contributed by atoms with Crippen molar-refractivity contribution in [3.8, 4) is 0 Å². The van der Waals surface area contributed by atoms with Crippen molar-refractivity contribution in [3.05, 3.63) is 104 Å². The minimum absolute atomic E-state index is 0.0852. The van der Waals surface area contributed by atoms with Gasteiger partial charge < -0.3 is 4.42 Å². The summed E-state index contributed by atoms with van der Waals surface area (Å²) in [6.07, 6.45) is 2.01. The molecule has 5 rings (SSSR count). The van der Waals surface area contributed by atoms with Gasteiger partial charge in [0.15, 0.2) is 5.43 Å². The Morgan fingerprint density at radius 3 is 2.38 bits per heavy atom. The van der Waals surface area contributed by atoms with Crippen molar-refractivity contribution < 1.29 is 9.21 Å². The Bertz CT molecular complexity index is 1440. The van der Waals surface area contributed by atoms with E-state index in [0.717, 1.165) is 27.3 Å². The molecule has 6 heteroatoms. The molecule has 1 unspecified atom stereocenters. The average molecular weight is 462 g/mol. The summed E-state index contributed by atoms with van der Waals surface area (Å²) in [4.78, 5) is 30.0. The van der Waals surface area contributed by atoms with E-state index in [4.69, 9.17) is 16.0 Å². The van der Waals surface area contributed by atoms with Crippen LogP contribution >= 0.6 is 23.4 Å². The van der Waals surface area contributed by atoms with Gasteiger partial charge in [0.1, 0.15) is 5.58 Å². The van der Waals surface area contributed by atoms with Gasteiger partial charge in [0.2, 0.25) is 5.76 Å². The fraction of sp³-hybridized carbons (Fsp3) is 0.154. The third-order valence-electron chi connectivity index (χ3n) is 6.03. The van der Waals surface area contributed by atoms with Crippen molar-refractivity contribution in [2.24, 2.45) is 0 Å². The molecule has 0 aliphatic carbocycles. The Kier molecular flexibility index (Phi) is 5.11. The molecule has 32 heavy (non-hydrogen) atoms. The molecule has 4 aromatic rings. The number of hydrogen-bond acceptors (Lipinski definition) is 4. The van der Waals surface area contributed by atoms with Crippen LogP contribution in [0.3, 0.4) is 0 Å². The van der Waals surface area contributed by atoms with Gasteiger partial charge >= 0.3 is 0 Å². The van der Waals surface area contributed by atoms with Gasteiger partial charge in [-0.15, -0.1) is 11.8 Å². The number of thioether (sulfide) groups is 1. The molecule has 1 aliphatic rings. The lowest BCUT2D eigenvalue weighted by atomic mass is 9.98. The van der Waals surface area contributed by atoms with E-state index in [9.17, 15) is 9.59 Å². The van der Waals surface area contributed by atoms with Crippen LogP contribution in [0.4, 0.5) is 5.69 Å². The molecular formula is C26H20ClNO3S. The normalized spacial score (nSPS) is 15.4. The predicted molar refractivity (Wildman–Crippen MR) is 130 cm³/mol. The van der Waals surface area contributed by atoms with Crippen molar-refractivity contribution in [1.29, 1.82) is 0 Å². The average Bonchev–Trinajstić information content (AvgIpc) is 3.09. The first-order valence-corrected chi connectivity index (χ1v) is 11.8. The lowest BCUT2D eigenvalue weighted by Crippen LogP contribution is -2.29. The summed E-state index contributed by atoms with van der Waals surface area (Å²) in [5.74, 6) is -0.238. The van der Waals surface area contributed by atoms with Crippen LogP contribution in [0.5, 0.6) is 0 Å². The summed E-state index contributed by atoms with van der Waals surface area (Å²) in [6, 6.07) is 18.1. The SMILES string of the molecule is CSc1ccc(C2c3c(oc4ccc(Cl)cc4c3=O)C(=O)N2c2ccc(C)c(C)c2)cc1. The molecule has 0 N–H and O–H groups in total. The second-order valence-electron chi connectivity index (χ2n) is 7.93. The maximum atomic E-state index is 13.6. The van der Waals surface area contributed by atoms with Crippen LogP contribution in [0.1, 0.15) is 38.9 Å². The minimum Gasteiger partial charge on any atom is -0.450 e. The Morgan fingerprint density at radius 2 is 1.69 bits per heavy atom. The molecule has 0 bridgehead atoms. The number of rotatable bonds is 3. The first-order valence-electron chi connectivity index (χ1n) is 10.2. The van der Waals surface area contributed by atoms with Crippen LogP contribution in [-0.2, 0) is 0 Å². The Hall–Kier alpha value is -3.02. The number of halogens is 1. The third kappa shape index (κ3) is 3.24. The summed E-state index contributed by atoms with van der Waals surface area (Å²) in [6.45, 7) is 4.04. The highest BCUT2D eigenvalue weighted by atomic mass is 35.5. The van der Waals surface area contributed by atoms with Gasteiger partial charge in [-0.3, -0.25) is 14.5 Å². The number of benzene rings is 3. The van der Waals surface area contributed by atoms with E-state index in [1.54, 1.807) is 34.9 Å². The van der Waals surface area contributed by atoms with Crippen LogP contribution in [0.15, 0.2) is 74.8 Å². The van der Waals surface area contributed by atoms with E-state index in [1.165, 1.54) is 0 Å².